The molecule has 26 heavy (non-hydrogen) atoms. The number of hydrogen-bond donors (Lipinski definition) is 1. The highest BCUT2D eigenvalue weighted by Crippen LogP contribution is 2.36. The minimum absolute atomic E-state index is 0.264. The fraction of sp³-hybridized carbons (Fsp3) is 0.143. The zero-order valence-electron chi connectivity index (χ0n) is 14.7. The molecule has 1 N–H and O–H groups in total. The van der Waals surface area contributed by atoms with Crippen LogP contribution in [-0.4, -0.2) is 19.6 Å². The Kier molecular flexibility index (Phi) is 4.39. The molecule has 4 rings (SSSR count). The van der Waals surface area contributed by atoms with Gasteiger partial charge in [0.15, 0.2) is 0 Å². The molecular formula is C21H19N3OS. The highest BCUT2D eigenvalue weighted by atomic mass is 32.2. The van der Waals surface area contributed by atoms with Gasteiger partial charge in [0.25, 0.3) is 0 Å². The average Bonchev–Trinajstić information content (AvgIpc) is 3.01. The Hall–Kier alpha value is -2.79. The molecule has 0 saturated carbocycles. The Bertz CT molecular complexity index is 1070. The summed E-state index contributed by atoms with van der Waals surface area (Å²) < 4.78 is 2.07. The fourth-order valence-corrected chi connectivity index (χ4v) is 4.16. The topological polar surface area (TPSA) is 50.9 Å². The van der Waals surface area contributed by atoms with E-state index in [-0.39, 0.29) is 5.75 Å². The van der Waals surface area contributed by atoms with Crippen LogP contribution in [-0.2, 0) is 13.5 Å². The van der Waals surface area contributed by atoms with Gasteiger partial charge in [0.05, 0.1) is 11.1 Å². The summed E-state index contributed by atoms with van der Waals surface area (Å²) in [5.74, 6) is 0.264. The van der Waals surface area contributed by atoms with Gasteiger partial charge >= 0.3 is 0 Å². The van der Waals surface area contributed by atoms with Crippen molar-refractivity contribution in [2.24, 2.45) is 7.05 Å². The maximum Gasteiger partial charge on any atom is 0.144 e. The summed E-state index contributed by atoms with van der Waals surface area (Å²) in [6, 6.07) is 17.8. The summed E-state index contributed by atoms with van der Waals surface area (Å²) in [4.78, 5) is 10.2. The molecule has 130 valence electrons. The van der Waals surface area contributed by atoms with Crippen molar-refractivity contribution in [1.29, 1.82) is 0 Å². The number of aromatic nitrogens is 3. The van der Waals surface area contributed by atoms with E-state index in [1.54, 1.807) is 30.2 Å². The smallest absolute Gasteiger partial charge is 0.144 e. The van der Waals surface area contributed by atoms with Gasteiger partial charge in [0, 0.05) is 11.9 Å². The van der Waals surface area contributed by atoms with E-state index in [4.69, 9.17) is 0 Å². The molecule has 0 aliphatic heterocycles. The molecule has 0 unspecified atom stereocenters. The van der Waals surface area contributed by atoms with Crippen LogP contribution in [0.15, 0.2) is 70.8 Å². The second-order valence-corrected chi connectivity index (χ2v) is 7.15. The number of phenolic OH excluding ortho intramolecular Hbond substituents is 1. The van der Waals surface area contributed by atoms with Crippen molar-refractivity contribution in [1.82, 2.24) is 14.5 Å². The Labute approximate surface area is 156 Å². The zero-order chi connectivity index (χ0) is 18.1. The van der Waals surface area contributed by atoms with Crippen LogP contribution in [0.4, 0.5) is 0 Å². The van der Waals surface area contributed by atoms with Crippen LogP contribution in [0.3, 0.4) is 0 Å². The molecule has 0 bridgehead atoms. The average molecular weight is 361 g/mol. The van der Waals surface area contributed by atoms with Crippen molar-refractivity contribution < 1.29 is 5.11 Å². The molecule has 0 aliphatic rings. The first kappa shape index (κ1) is 16.7. The molecule has 2 heterocycles. The maximum atomic E-state index is 9.54. The van der Waals surface area contributed by atoms with Crippen molar-refractivity contribution in [2.75, 3.05) is 0 Å². The fourth-order valence-electron chi connectivity index (χ4n) is 3.10. The number of rotatable bonds is 4. The SMILES string of the molecule is CCc1ccccc1Sc1ncnc2c1cc(-c1ccc(O)cc1)n2C. The van der Waals surface area contributed by atoms with Gasteiger partial charge in [-0.25, -0.2) is 9.97 Å². The molecule has 0 spiro atoms. The monoisotopic (exact) mass is 361 g/mol. The van der Waals surface area contributed by atoms with E-state index >= 15 is 0 Å². The van der Waals surface area contributed by atoms with Gasteiger partial charge in [0.2, 0.25) is 0 Å². The van der Waals surface area contributed by atoms with E-state index in [0.29, 0.717) is 0 Å². The number of aryl methyl sites for hydroxylation is 2. The van der Waals surface area contributed by atoms with E-state index < -0.39 is 0 Å². The lowest BCUT2D eigenvalue weighted by Gasteiger charge is -2.07. The second kappa shape index (κ2) is 6.84. The number of aromatic hydroxyl groups is 1. The van der Waals surface area contributed by atoms with Crippen LogP contribution in [0.25, 0.3) is 22.3 Å². The van der Waals surface area contributed by atoms with Crippen molar-refractivity contribution in [3.05, 3.63) is 66.5 Å². The first-order valence-electron chi connectivity index (χ1n) is 8.53. The summed E-state index contributed by atoms with van der Waals surface area (Å²) in [6.07, 6.45) is 2.62. The molecule has 2 aromatic heterocycles. The van der Waals surface area contributed by atoms with Crippen molar-refractivity contribution in [2.45, 2.75) is 23.3 Å². The lowest BCUT2D eigenvalue weighted by Crippen LogP contribution is -1.94. The molecule has 0 radical (unpaired) electrons. The molecular weight excluding hydrogens is 342 g/mol. The van der Waals surface area contributed by atoms with E-state index in [1.165, 1.54) is 10.5 Å². The van der Waals surface area contributed by atoms with E-state index in [9.17, 15) is 5.11 Å². The van der Waals surface area contributed by atoms with E-state index in [0.717, 1.165) is 33.7 Å². The number of phenols is 1. The Balaban J connectivity index is 1.82. The second-order valence-electron chi connectivity index (χ2n) is 6.11. The summed E-state index contributed by atoms with van der Waals surface area (Å²) >= 11 is 1.68. The number of nitrogens with zero attached hydrogens (tertiary/aromatic N) is 3. The number of benzene rings is 2. The summed E-state index contributed by atoms with van der Waals surface area (Å²) in [7, 11) is 2.01. The predicted molar refractivity (Wildman–Crippen MR) is 106 cm³/mol. The predicted octanol–water partition coefficient (Wildman–Crippen LogP) is 5.05. The first-order chi connectivity index (χ1) is 12.7. The Morgan fingerprint density at radius 2 is 1.81 bits per heavy atom. The highest BCUT2D eigenvalue weighted by Gasteiger charge is 2.14. The minimum atomic E-state index is 0.264. The van der Waals surface area contributed by atoms with Gasteiger partial charge in [-0.05, 0) is 53.9 Å². The third-order valence-electron chi connectivity index (χ3n) is 4.51. The molecule has 4 aromatic rings. The summed E-state index contributed by atoms with van der Waals surface area (Å²) in [5, 5.41) is 11.5. The third-order valence-corrected chi connectivity index (χ3v) is 5.65. The van der Waals surface area contributed by atoms with Gasteiger partial charge in [-0.2, -0.15) is 0 Å². The van der Waals surface area contributed by atoms with Gasteiger partial charge in [-0.1, -0.05) is 36.9 Å². The molecule has 0 saturated heterocycles. The Morgan fingerprint density at radius 3 is 2.58 bits per heavy atom. The number of fused-ring (bicyclic) bond motifs is 1. The Morgan fingerprint density at radius 1 is 1.04 bits per heavy atom. The molecule has 5 heteroatoms. The van der Waals surface area contributed by atoms with Crippen LogP contribution in [0.1, 0.15) is 12.5 Å². The van der Waals surface area contributed by atoms with E-state index in [2.05, 4.69) is 51.8 Å². The van der Waals surface area contributed by atoms with Crippen LogP contribution >= 0.6 is 11.8 Å². The zero-order valence-corrected chi connectivity index (χ0v) is 15.5. The van der Waals surface area contributed by atoms with Crippen LogP contribution in [0.5, 0.6) is 5.75 Å². The summed E-state index contributed by atoms with van der Waals surface area (Å²) in [6.45, 7) is 2.17. The first-order valence-corrected chi connectivity index (χ1v) is 9.34. The molecule has 0 aliphatic carbocycles. The van der Waals surface area contributed by atoms with Gasteiger partial charge in [0.1, 0.15) is 22.7 Å². The van der Waals surface area contributed by atoms with E-state index in [1.807, 2.05) is 19.2 Å². The van der Waals surface area contributed by atoms with Crippen LogP contribution in [0.2, 0.25) is 0 Å². The van der Waals surface area contributed by atoms with Crippen molar-refractivity contribution >= 4 is 22.8 Å². The van der Waals surface area contributed by atoms with Crippen LogP contribution in [0, 0.1) is 0 Å². The van der Waals surface area contributed by atoms with Crippen molar-refractivity contribution in [3.63, 3.8) is 0 Å². The standard InChI is InChI=1S/C21H19N3OS/c1-3-14-6-4-5-7-19(14)26-21-17-12-18(15-8-10-16(25)11-9-15)24(2)20(17)22-13-23-21/h4-13,25H,3H2,1-2H3. The highest BCUT2D eigenvalue weighted by molar-refractivity contribution is 7.99. The number of hydrogen-bond acceptors (Lipinski definition) is 4. The normalized spacial score (nSPS) is 11.2. The molecule has 0 atom stereocenters. The molecule has 4 nitrogen and oxygen atoms in total. The lowest BCUT2D eigenvalue weighted by atomic mass is 10.1. The lowest BCUT2D eigenvalue weighted by molar-refractivity contribution is 0.475. The van der Waals surface area contributed by atoms with Gasteiger partial charge in [-0.3, -0.25) is 0 Å². The third kappa shape index (κ3) is 2.95. The quantitative estimate of drug-likeness (QED) is 0.517. The van der Waals surface area contributed by atoms with Gasteiger partial charge in [-0.15, -0.1) is 0 Å². The van der Waals surface area contributed by atoms with Crippen molar-refractivity contribution in [3.8, 4) is 17.0 Å². The van der Waals surface area contributed by atoms with Crippen LogP contribution < -0.4 is 0 Å². The minimum Gasteiger partial charge on any atom is -0.508 e. The molecule has 0 amide bonds. The largest absolute Gasteiger partial charge is 0.508 e. The molecule has 2 aromatic carbocycles. The molecule has 0 fully saturated rings. The maximum absolute atomic E-state index is 9.54. The summed E-state index contributed by atoms with van der Waals surface area (Å²) in [5.41, 5.74) is 4.30. The van der Waals surface area contributed by atoms with Gasteiger partial charge < -0.3 is 9.67 Å².